The summed E-state index contributed by atoms with van der Waals surface area (Å²) in [7, 11) is -3.47. The predicted octanol–water partition coefficient (Wildman–Crippen LogP) is 1.20. The molecule has 21 heavy (non-hydrogen) atoms. The van der Waals surface area contributed by atoms with Crippen molar-refractivity contribution in [1.82, 2.24) is 19.2 Å². The molecule has 0 aromatic carbocycles. The minimum atomic E-state index is -3.47. The predicted molar refractivity (Wildman–Crippen MR) is 80.5 cm³/mol. The molecule has 1 aliphatic carbocycles. The lowest BCUT2D eigenvalue weighted by atomic mass is 10.1. The Hall–Kier alpha value is -0.920. The Balaban J connectivity index is 1.78. The number of hydrogen-bond donors (Lipinski definition) is 1. The lowest BCUT2D eigenvalue weighted by Crippen LogP contribution is -2.46. The van der Waals surface area contributed by atoms with Crippen LogP contribution in [0.4, 0.5) is 0 Å². The highest BCUT2D eigenvalue weighted by atomic mass is 32.2. The molecule has 0 radical (unpaired) electrons. The van der Waals surface area contributed by atoms with E-state index in [-0.39, 0.29) is 17.1 Å². The highest BCUT2D eigenvalue weighted by Crippen LogP contribution is 2.32. The van der Waals surface area contributed by atoms with Gasteiger partial charge in [0.15, 0.2) is 5.03 Å². The van der Waals surface area contributed by atoms with Gasteiger partial charge in [0.05, 0.1) is 6.33 Å². The number of aromatic nitrogens is 2. The summed E-state index contributed by atoms with van der Waals surface area (Å²) in [6.07, 6.45) is 8.60. The van der Waals surface area contributed by atoms with Crippen molar-refractivity contribution in [2.24, 2.45) is 0 Å². The number of nitrogens with one attached hydrogen (secondary N) is 1. The monoisotopic (exact) mass is 312 g/mol. The quantitative estimate of drug-likeness (QED) is 0.857. The second-order valence-corrected chi connectivity index (χ2v) is 7.83. The van der Waals surface area contributed by atoms with E-state index in [0.29, 0.717) is 6.54 Å². The van der Waals surface area contributed by atoms with Gasteiger partial charge in [-0.1, -0.05) is 6.42 Å². The highest BCUT2D eigenvalue weighted by Gasteiger charge is 2.40. The molecule has 1 N–H and O–H groups in total. The van der Waals surface area contributed by atoms with Gasteiger partial charge < -0.3 is 9.88 Å². The van der Waals surface area contributed by atoms with Crippen LogP contribution < -0.4 is 5.32 Å². The summed E-state index contributed by atoms with van der Waals surface area (Å²) in [6, 6.07) is 0.452. The molecule has 1 saturated heterocycles. The van der Waals surface area contributed by atoms with Crippen molar-refractivity contribution in [2.75, 3.05) is 13.1 Å². The van der Waals surface area contributed by atoms with Crippen LogP contribution in [0.25, 0.3) is 0 Å². The molecular weight excluding hydrogens is 288 g/mol. The largest absolute Gasteiger partial charge is 0.336 e. The molecule has 0 amide bonds. The molecule has 118 valence electrons. The van der Waals surface area contributed by atoms with Gasteiger partial charge in [0, 0.05) is 31.4 Å². The Morgan fingerprint density at radius 2 is 2.19 bits per heavy atom. The minimum absolute atomic E-state index is 0.172. The van der Waals surface area contributed by atoms with Crippen molar-refractivity contribution in [3.63, 3.8) is 0 Å². The van der Waals surface area contributed by atoms with Crippen LogP contribution in [0, 0.1) is 0 Å². The number of hydrogen-bond acceptors (Lipinski definition) is 4. The van der Waals surface area contributed by atoms with E-state index in [2.05, 4.69) is 10.3 Å². The Morgan fingerprint density at radius 1 is 1.38 bits per heavy atom. The van der Waals surface area contributed by atoms with Crippen LogP contribution in [0.3, 0.4) is 0 Å². The van der Waals surface area contributed by atoms with Crippen molar-refractivity contribution < 1.29 is 8.42 Å². The smallest absolute Gasteiger partial charge is 0.262 e. The lowest BCUT2D eigenvalue weighted by molar-refractivity contribution is 0.307. The molecule has 2 heterocycles. The Morgan fingerprint density at radius 3 is 2.76 bits per heavy atom. The van der Waals surface area contributed by atoms with E-state index in [1.54, 1.807) is 21.4 Å². The topological polar surface area (TPSA) is 67.2 Å². The first kappa shape index (κ1) is 15.0. The highest BCUT2D eigenvalue weighted by molar-refractivity contribution is 7.89. The molecule has 2 aliphatic rings. The second-order valence-electron chi connectivity index (χ2n) is 6.00. The van der Waals surface area contributed by atoms with Crippen molar-refractivity contribution >= 4 is 10.0 Å². The molecular formula is C14H24N4O2S. The first-order chi connectivity index (χ1) is 10.1. The molecule has 3 rings (SSSR count). The Bertz CT molecular complexity index is 574. The average Bonchev–Trinajstić information content (AvgIpc) is 3.20. The zero-order valence-corrected chi connectivity index (χ0v) is 13.3. The normalized spacial score (nSPS) is 23.6. The standard InChI is InChI=1S/C14H24N4O2S/c1-2-17-10-14(16-11-17)21(19,20)18(13-6-7-13)9-12-5-3-4-8-15-12/h10-13,15H,2-9H2,1H3. The summed E-state index contributed by atoms with van der Waals surface area (Å²) in [4.78, 5) is 4.10. The van der Waals surface area contributed by atoms with E-state index in [1.807, 2.05) is 6.92 Å². The maximum atomic E-state index is 12.8. The van der Waals surface area contributed by atoms with Gasteiger partial charge in [-0.25, -0.2) is 13.4 Å². The van der Waals surface area contributed by atoms with Crippen LogP contribution in [-0.4, -0.2) is 47.4 Å². The zero-order valence-electron chi connectivity index (χ0n) is 12.5. The van der Waals surface area contributed by atoms with Crippen LogP contribution in [0.1, 0.15) is 39.0 Å². The van der Waals surface area contributed by atoms with E-state index in [1.165, 1.54) is 12.8 Å². The van der Waals surface area contributed by atoms with Crippen LogP contribution >= 0.6 is 0 Å². The first-order valence-corrected chi connectivity index (χ1v) is 9.32. The molecule has 0 spiro atoms. The second kappa shape index (κ2) is 6.06. The zero-order chi connectivity index (χ0) is 14.9. The van der Waals surface area contributed by atoms with Gasteiger partial charge in [-0.05, 0) is 39.2 Å². The summed E-state index contributed by atoms with van der Waals surface area (Å²) in [6.45, 7) is 4.28. The number of rotatable bonds is 6. The third kappa shape index (κ3) is 3.30. The third-order valence-electron chi connectivity index (χ3n) is 4.31. The van der Waals surface area contributed by atoms with Crippen molar-refractivity contribution in [2.45, 2.75) is 62.7 Å². The van der Waals surface area contributed by atoms with Crippen molar-refractivity contribution in [3.05, 3.63) is 12.5 Å². The van der Waals surface area contributed by atoms with E-state index < -0.39 is 10.0 Å². The number of imidazole rings is 1. The fourth-order valence-electron chi connectivity index (χ4n) is 2.87. The average molecular weight is 312 g/mol. The molecule has 1 aromatic rings. The molecule has 2 fully saturated rings. The maximum absolute atomic E-state index is 12.8. The molecule has 7 heteroatoms. The number of aryl methyl sites for hydroxylation is 1. The van der Waals surface area contributed by atoms with Crippen LogP contribution in [0.2, 0.25) is 0 Å². The summed E-state index contributed by atoms with van der Waals surface area (Å²) in [5, 5.41) is 3.63. The van der Waals surface area contributed by atoms with Gasteiger partial charge in [0.2, 0.25) is 0 Å². The number of piperidine rings is 1. The van der Waals surface area contributed by atoms with Crippen molar-refractivity contribution in [1.29, 1.82) is 0 Å². The summed E-state index contributed by atoms with van der Waals surface area (Å²) < 4.78 is 29.2. The van der Waals surface area contributed by atoms with Crippen LogP contribution in [0.5, 0.6) is 0 Å². The molecule has 6 nitrogen and oxygen atoms in total. The van der Waals surface area contributed by atoms with E-state index in [4.69, 9.17) is 0 Å². The van der Waals surface area contributed by atoms with Crippen LogP contribution in [-0.2, 0) is 16.6 Å². The van der Waals surface area contributed by atoms with Crippen molar-refractivity contribution in [3.8, 4) is 0 Å². The van der Waals surface area contributed by atoms with Gasteiger partial charge in [-0.3, -0.25) is 0 Å². The lowest BCUT2D eigenvalue weighted by Gasteiger charge is -2.29. The molecule has 1 aliphatic heterocycles. The molecule has 1 aromatic heterocycles. The van der Waals surface area contributed by atoms with Gasteiger partial charge in [0.1, 0.15) is 0 Å². The third-order valence-corrected chi connectivity index (χ3v) is 6.12. The van der Waals surface area contributed by atoms with Crippen LogP contribution in [0.15, 0.2) is 17.6 Å². The number of sulfonamides is 1. The minimum Gasteiger partial charge on any atom is -0.336 e. The SMILES string of the molecule is CCn1cnc(S(=O)(=O)N(CC2CCCCN2)C2CC2)c1. The molecule has 1 atom stereocenters. The molecule has 1 unspecified atom stereocenters. The summed E-state index contributed by atoms with van der Waals surface area (Å²) in [5.41, 5.74) is 0. The summed E-state index contributed by atoms with van der Waals surface area (Å²) in [5.74, 6) is 0. The fourth-order valence-corrected chi connectivity index (χ4v) is 4.54. The van der Waals surface area contributed by atoms with Gasteiger partial charge >= 0.3 is 0 Å². The Labute approximate surface area is 126 Å². The molecule has 0 bridgehead atoms. The first-order valence-electron chi connectivity index (χ1n) is 7.88. The summed E-state index contributed by atoms with van der Waals surface area (Å²) >= 11 is 0. The van der Waals surface area contributed by atoms with Gasteiger partial charge in [-0.15, -0.1) is 0 Å². The molecule has 1 saturated carbocycles. The van der Waals surface area contributed by atoms with Gasteiger partial charge in [0.25, 0.3) is 10.0 Å². The van der Waals surface area contributed by atoms with E-state index in [0.717, 1.165) is 32.4 Å². The van der Waals surface area contributed by atoms with Gasteiger partial charge in [-0.2, -0.15) is 4.31 Å². The fraction of sp³-hybridized carbons (Fsp3) is 0.786. The maximum Gasteiger partial charge on any atom is 0.262 e. The number of nitrogens with zero attached hydrogens (tertiary/aromatic N) is 3. The van der Waals surface area contributed by atoms with E-state index in [9.17, 15) is 8.42 Å². The Kier molecular flexibility index (Phi) is 4.33. The van der Waals surface area contributed by atoms with E-state index >= 15 is 0 Å².